The number of benzene rings is 1. The molecular weight excluding hydrogens is 218 g/mol. The smallest absolute Gasteiger partial charge is 0.262 e. The van der Waals surface area contributed by atoms with Crippen LogP contribution in [0.1, 0.15) is 4.79 Å². The van der Waals surface area contributed by atoms with Gasteiger partial charge in [-0.15, -0.1) is 0 Å². The van der Waals surface area contributed by atoms with E-state index in [2.05, 4.69) is 10.3 Å². The minimum atomic E-state index is -0.344. The molecule has 0 saturated carbocycles. The molecule has 0 aliphatic carbocycles. The monoisotopic (exact) mass is 227 g/mol. The first-order valence-electron chi connectivity index (χ1n) is 5.22. The fourth-order valence-corrected chi connectivity index (χ4v) is 1.83. The van der Waals surface area contributed by atoms with Gasteiger partial charge in [-0.25, -0.2) is 9.55 Å². The number of aromatic nitrogens is 2. The third-order valence-corrected chi connectivity index (χ3v) is 2.64. The SMILES string of the molecule is O=C1CNc2nc(-c3ccccc3)cc(=O)n21. The molecule has 0 bridgehead atoms. The number of carbonyl (C=O) groups excluding carboxylic acids is 1. The van der Waals surface area contributed by atoms with Gasteiger partial charge < -0.3 is 5.32 Å². The predicted octanol–water partition coefficient (Wildman–Crippen LogP) is 0.976. The average molecular weight is 227 g/mol. The van der Waals surface area contributed by atoms with Gasteiger partial charge in [0.1, 0.15) is 0 Å². The van der Waals surface area contributed by atoms with E-state index in [-0.39, 0.29) is 18.0 Å². The number of hydrogen-bond donors (Lipinski definition) is 1. The van der Waals surface area contributed by atoms with Crippen molar-refractivity contribution in [2.24, 2.45) is 0 Å². The Hall–Kier alpha value is -2.43. The third-order valence-electron chi connectivity index (χ3n) is 2.64. The number of fused-ring (bicyclic) bond motifs is 1. The maximum absolute atomic E-state index is 11.8. The van der Waals surface area contributed by atoms with Crippen molar-refractivity contribution in [2.45, 2.75) is 0 Å². The zero-order valence-electron chi connectivity index (χ0n) is 8.88. The highest BCUT2D eigenvalue weighted by molar-refractivity contribution is 5.89. The number of hydrogen-bond acceptors (Lipinski definition) is 4. The average Bonchev–Trinajstić information content (AvgIpc) is 2.73. The number of nitrogens with one attached hydrogen (secondary N) is 1. The van der Waals surface area contributed by atoms with Crippen LogP contribution in [-0.4, -0.2) is 22.0 Å². The van der Waals surface area contributed by atoms with Gasteiger partial charge in [-0.1, -0.05) is 30.3 Å². The van der Waals surface area contributed by atoms with Crippen molar-refractivity contribution in [3.8, 4) is 11.3 Å². The maximum atomic E-state index is 11.8. The molecule has 0 saturated heterocycles. The Balaban J connectivity index is 2.20. The fraction of sp³-hybridized carbons (Fsp3) is 0.0833. The largest absolute Gasteiger partial charge is 0.346 e. The Morgan fingerprint density at radius 1 is 1.18 bits per heavy atom. The summed E-state index contributed by atoms with van der Waals surface area (Å²) in [6.07, 6.45) is 0. The van der Waals surface area contributed by atoms with Gasteiger partial charge in [0.2, 0.25) is 5.95 Å². The molecule has 2 aromatic rings. The van der Waals surface area contributed by atoms with Crippen molar-refractivity contribution in [1.82, 2.24) is 9.55 Å². The van der Waals surface area contributed by atoms with Crippen LogP contribution in [0.15, 0.2) is 41.2 Å². The van der Waals surface area contributed by atoms with Gasteiger partial charge in [-0.2, -0.15) is 0 Å². The van der Waals surface area contributed by atoms with E-state index in [0.29, 0.717) is 11.6 Å². The summed E-state index contributed by atoms with van der Waals surface area (Å²) >= 11 is 0. The second kappa shape index (κ2) is 3.55. The molecule has 3 rings (SSSR count). The van der Waals surface area contributed by atoms with Crippen LogP contribution in [-0.2, 0) is 0 Å². The van der Waals surface area contributed by atoms with Crippen LogP contribution in [0.2, 0.25) is 0 Å². The number of rotatable bonds is 1. The van der Waals surface area contributed by atoms with Crippen molar-refractivity contribution in [3.05, 3.63) is 46.8 Å². The van der Waals surface area contributed by atoms with E-state index in [9.17, 15) is 9.59 Å². The molecule has 5 heteroatoms. The van der Waals surface area contributed by atoms with Crippen LogP contribution in [0, 0.1) is 0 Å². The molecule has 0 fully saturated rings. The highest BCUT2D eigenvalue weighted by Crippen LogP contribution is 2.17. The molecule has 1 aromatic carbocycles. The molecule has 1 aliphatic rings. The highest BCUT2D eigenvalue weighted by atomic mass is 16.2. The zero-order valence-corrected chi connectivity index (χ0v) is 8.88. The molecule has 2 heterocycles. The fourth-order valence-electron chi connectivity index (χ4n) is 1.83. The Bertz CT molecular complexity index is 647. The molecule has 0 unspecified atom stereocenters. The van der Waals surface area contributed by atoms with E-state index >= 15 is 0 Å². The Morgan fingerprint density at radius 2 is 1.94 bits per heavy atom. The van der Waals surface area contributed by atoms with Crippen molar-refractivity contribution in [2.75, 3.05) is 11.9 Å². The molecule has 84 valence electrons. The lowest BCUT2D eigenvalue weighted by molar-refractivity contribution is 0.0940. The summed E-state index contributed by atoms with van der Waals surface area (Å²) in [4.78, 5) is 27.4. The third kappa shape index (κ3) is 1.52. The van der Waals surface area contributed by atoms with Crippen molar-refractivity contribution in [3.63, 3.8) is 0 Å². The minimum Gasteiger partial charge on any atom is -0.346 e. The van der Waals surface area contributed by atoms with Gasteiger partial charge in [-0.05, 0) is 0 Å². The van der Waals surface area contributed by atoms with Crippen LogP contribution < -0.4 is 10.9 Å². The Kier molecular flexibility index (Phi) is 2.04. The number of anilines is 1. The summed E-state index contributed by atoms with van der Waals surface area (Å²) in [6, 6.07) is 10.8. The Morgan fingerprint density at radius 3 is 2.71 bits per heavy atom. The second-order valence-corrected chi connectivity index (χ2v) is 3.75. The minimum absolute atomic E-state index is 0.125. The van der Waals surface area contributed by atoms with Crippen molar-refractivity contribution < 1.29 is 4.79 Å². The van der Waals surface area contributed by atoms with Gasteiger partial charge in [0.15, 0.2) is 0 Å². The van der Waals surface area contributed by atoms with Crippen LogP contribution in [0.4, 0.5) is 5.95 Å². The lowest BCUT2D eigenvalue weighted by Gasteiger charge is -2.03. The van der Waals surface area contributed by atoms with Gasteiger partial charge >= 0.3 is 0 Å². The van der Waals surface area contributed by atoms with E-state index in [1.54, 1.807) is 0 Å². The normalized spacial score (nSPS) is 13.3. The molecule has 1 aliphatic heterocycles. The van der Waals surface area contributed by atoms with E-state index in [4.69, 9.17) is 0 Å². The predicted molar refractivity (Wildman–Crippen MR) is 63.0 cm³/mol. The standard InChI is InChI=1S/C12H9N3O2/c16-10-6-9(8-4-2-1-3-5-8)14-12-13-7-11(17)15(10)12/h1-6H,7H2,(H,13,14). The maximum Gasteiger partial charge on any atom is 0.262 e. The number of nitrogens with zero attached hydrogens (tertiary/aromatic N) is 2. The molecule has 17 heavy (non-hydrogen) atoms. The molecular formula is C12H9N3O2. The first-order valence-corrected chi connectivity index (χ1v) is 5.22. The molecule has 0 atom stereocenters. The van der Waals surface area contributed by atoms with Crippen molar-refractivity contribution in [1.29, 1.82) is 0 Å². The van der Waals surface area contributed by atoms with Gasteiger partial charge in [0, 0.05) is 11.6 Å². The lowest BCUT2D eigenvalue weighted by Crippen LogP contribution is -2.23. The van der Waals surface area contributed by atoms with E-state index in [1.165, 1.54) is 6.07 Å². The topological polar surface area (TPSA) is 64.0 Å². The highest BCUT2D eigenvalue weighted by Gasteiger charge is 2.21. The molecule has 5 nitrogen and oxygen atoms in total. The molecule has 1 aromatic heterocycles. The molecule has 0 radical (unpaired) electrons. The summed E-state index contributed by atoms with van der Waals surface area (Å²) in [7, 11) is 0. The van der Waals surface area contributed by atoms with Crippen LogP contribution in [0.3, 0.4) is 0 Å². The number of carbonyl (C=O) groups is 1. The quantitative estimate of drug-likeness (QED) is 0.788. The molecule has 0 amide bonds. The summed E-state index contributed by atoms with van der Waals surface area (Å²) in [6.45, 7) is 0.125. The van der Waals surface area contributed by atoms with E-state index < -0.39 is 0 Å². The van der Waals surface area contributed by atoms with Gasteiger partial charge in [-0.3, -0.25) is 9.59 Å². The summed E-state index contributed by atoms with van der Waals surface area (Å²) in [5.74, 6) is 0.0541. The molecule has 0 spiro atoms. The lowest BCUT2D eigenvalue weighted by atomic mass is 10.1. The second-order valence-electron chi connectivity index (χ2n) is 3.75. The summed E-state index contributed by atoms with van der Waals surface area (Å²) in [5, 5.41) is 2.80. The first kappa shape index (κ1) is 9.77. The Labute approximate surface area is 96.7 Å². The van der Waals surface area contributed by atoms with Crippen molar-refractivity contribution >= 4 is 11.9 Å². The van der Waals surface area contributed by atoms with Gasteiger partial charge in [0.25, 0.3) is 11.5 Å². The first-order chi connectivity index (χ1) is 8.25. The van der Waals surface area contributed by atoms with E-state index in [0.717, 1.165) is 10.1 Å². The van der Waals surface area contributed by atoms with Gasteiger partial charge in [0.05, 0.1) is 12.2 Å². The van der Waals surface area contributed by atoms with Crippen LogP contribution in [0.5, 0.6) is 0 Å². The summed E-state index contributed by atoms with van der Waals surface area (Å²) < 4.78 is 1.06. The molecule has 1 N–H and O–H groups in total. The van der Waals surface area contributed by atoms with Crippen LogP contribution >= 0.6 is 0 Å². The summed E-state index contributed by atoms with van der Waals surface area (Å²) in [5.41, 5.74) is 1.09. The van der Waals surface area contributed by atoms with Crippen LogP contribution in [0.25, 0.3) is 11.3 Å². The van der Waals surface area contributed by atoms with E-state index in [1.807, 2.05) is 30.3 Å². The zero-order chi connectivity index (χ0) is 11.8.